The monoisotopic (exact) mass is 527 g/mol. The minimum absolute atomic E-state index is 0.0366. The summed E-state index contributed by atoms with van der Waals surface area (Å²) in [5.41, 5.74) is 9.06. The molecule has 0 aliphatic carbocycles. The fraction of sp³-hybridized carbons (Fsp3) is 0.517. The summed E-state index contributed by atoms with van der Waals surface area (Å²) in [6.45, 7) is 5.10. The molecule has 5 nitrogen and oxygen atoms in total. The number of fused-ring (bicyclic) bond motifs is 3. The molecule has 2 amide bonds. The Balaban J connectivity index is 0.000000392. The second-order valence-electron chi connectivity index (χ2n) is 10.3. The normalized spacial score (nSPS) is 20.8. The molecule has 2 aliphatic rings. The standard InChI is InChI=1S/C23H26N2O2S.C6H15NS/c26-22(21(28)14-16-8-2-1-3-9-16)24-19-15-17-10-4-5-11-18(17)20-12-6-7-13-25(20)23(19)27;1-5(2)3-6(7)4-8/h1-5,8-11,19-21,28H,6-7,12-15H2,(H,24,26);5-6,8H,3-4,7H2,1-2H3/t19?,20?,21-;/m0./s1. The lowest BCUT2D eigenvalue weighted by Crippen LogP contribution is -2.51. The number of nitrogens with zero attached hydrogens (tertiary/aromatic N) is 1. The average Bonchev–Trinajstić information content (AvgIpc) is 2.99. The number of hydrogen-bond acceptors (Lipinski definition) is 5. The van der Waals surface area contributed by atoms with Crippen molar-refractivity contribution in [1.82, 2.24) is 10.2 Å². The molecule has 4 atom stereocenters. The van der Waals surface area contributed by atoms with Gasteiger partial charge < -0.3 is 16.0 Å². The van der Waals surface area contributed by atoms with E-state index in [1.165, 1.54) is 5.56 Å². The number of piperidine rings is 1. The Bertz CT molecular complexity index is 985. The van der Waals surface area contributed by atoms with Gasteiger partial charge in [-0.1, -0.05) is 68.4 Å². The maximum atomic E-state index is 13.3. The number of carbonyl (C=O) groups excluding carboxylic acids is 2. The van der Waals surface area contributed by atoms with E-state index in [0.717, 1.165) is 49.1 Å². The van der Waals surface area contributed by atoms with E-state index in [4.69, 9.17) is 5.73 Å². The van der Waals surface area contributed by atoms with Crippen LogP contribution in [0.1, 0.15) is 62.3 Å². The summed E-state index contributed by atoms with van der Waals surface area (Å²) in [5.74, 6) is 1.36. The van der Waals surface area contributed by atoms with Gasteiger partial charge in [0.15, 0.2) is 0 Å². The highest BCUT2D eigenvalue weighted by atomic mass is 32.1. The zero-order chi connectivity index (χ0) is 26.1. The van der Waals surface area contributed by atoms with Crippen LogP contribution in [-0.2, 0) is 22.4 Å². The first-order valence-electron chi connectivity index (χ1n) is 13.1. The number of rotatable bonds is 7. The molecule has 1 fully saturated rings. The molecular formula is C29H41N3O2S2. The van der Waals surface area contributed by atoms with Gasteiger partial charge in [-0.3, -0.25) is 9.59 Å². The molecule has 3 unspecified atom stereocenters. The predicted molar refractivity (Wildman–Crippen MR) is 155 cm³/mol. The highest BCUT2D eigenvalue weighted by Gasteiger charge is 2.38. The number of nitrogens with one attached hydrogen (secondary N) is 1. The molecule has 3 N–H and O–H groups in total. The van der Waals surface area contributed by atoms with Crippen molar-refractivity contribution in [2.24, 2.45) is 11.7 Å². The number of hydrogen-bond donors (Lipinski definition) is 4. The van der Waals surface area contributed by atoms with Crippen LogP contribution in [0.2, 0.25) is 0 Å². The van der Waals surface area contributed by atoms with E-state index in [1.54, 1.807) is 0 Å². The highest BCUT2D eigenvalue weighted by molar-refractivity contribution is 7.81. The van der Waals surface area contributed by atoms with Gasteiger partial charge in [0.2, 0.25) is 11.8 Å². The molecule has 2 aromatic rings. The number of carbonyl (C=O) groups is 2. The summed E-state index contributed by atoms with van der Waals surface area (Å²) < 4.78 is 0. The SMILES string of the molecule is CC(C)CC(N)CS.O=C(NC1Cc2ccccc2C2CCCCN2C1=O)[C@@H](S)Cc1ccccc1. The van der Waals surface area contributed by atoms with E-state index in [1.807, 2.05) is 47.4 Å². The first kappa shape index (κ1) is 28.6. The lowest BCUT2D eigenvalue weighted by atomic mass is 9.92. The molecule has 1 saturated heterocycles. The molecule has 0 radical (unpaired) electrons. The molecule has 0 saturated carbocycles. The quantitative estimate of drug-likeness (QED) is 0.397. The zero-order valence-electron chi connectivity index (χ0n) is 21.5. The second kappa shape index (κ2) is 14.1. The summed E-state index contributed by atoms with van der Waals surface area (Å²) >= 11 is 8.57. The third kappa shape index (κ3) is 8.02. The summed E-state index contributed by atoms with van der Waals surface area (Å²) in [5, 5.41) is 2.52. The number of benzene rings is 2. The maximum absolute atomic E-state index is 13.3. The third-order valence-electron chi connectivity index (χ3n) is 6.82. The van der Waals surface area contributed by atoms with Crippen LogP contribution in [-0.4, -0.2) is 46.3 Å². The van der Waals surface area contributed by atoms with Crippen molar-refractivity contribution in [3.8, 4) is 0 Å². The van der Waals surface area contributed by atoms with Crippen LogP contribution in [0.15, 0.2) is 54.6 Å². The van der Waals surface area contributed by atoms with Crippen LogP contribution in [0.25, 0.3) is 0 Å². The Morgan fingerprint density at radius 3 is 2.47 bits per heavy atom. The smallest absolute Gasteiger partial charge is 0.246 e. The van der Waals surface area contributed by atoms with E-state index < -0.39 is 11.3 Å². The molecular weight excluding hydrogens is 486 g/mol. The summed E-state index contributed by atoms with van der Waals surface area (Å²) in [6.07, 6.45) is 5.32. The van der Waals surface area contributed by atoms with Crippen molar-refractivity contribution in [2.75, 3.05) is 12.3 Å². The number of thiol groups is 2. The Kier molecular flexibility index (Phi) is 11.2. The molecule has 0 spiro atoms. The van der Waals surface area contributed by atoms with E-state index in [2.05, 4.69) is 56.6 Å². The van der Waals surface area contributed by atoms with Crippen LogP contribution < -0.4 is 11.1 Å². The zero-order valence-corrected chi connectivity index (χ0v) is 23.3. The first-order chi connectivity index (χ1) is 17.3. The van der Waals surface area contributed by atoms with Gasteiger partial charge in [0.1, 0.15) is 6.04 Å². The van der Waals surface area contributed by atoms with Crippen molar-refractivity contribution >= 4 is 37.1 Å². The minimum Gasteiger partial charge on any atom is -0.343 e. The first-order valence-corrected chi connectivity index (χ1v) is 14.2. The van der Waals surface area contributed by atoms with Gasteiger partial charge in [-0.15, -0.1) is 0 Å². The fourth-order valence-corrected chi connectivity index (χ4v) is 5.50. The van der Waals surface area contributed by atoms with Crippen molar-refractivity contribution in [3.63, 3.8) is 0 Å². The van der Waals surface area contributed by atoms with Crippen molar-refractivity contribution in [3.05, 3.63) is 71.3 Å². The molecule has 0 bridgehead atoms. The van der Waals surface area contributed by atoms with Crippen molar-refractivity contribution in [1.29, 1.82) is 0 Å². The average molecular weight is 528 g/mol. The van der Waals surface area contributed by atoms with Gasteiger partial charge in [0, 0.05) is 24.8 Å². The molecule has 4 rings (SSSR count). The Morgan fingerprint density at radius 2 is 1.81 bits per heavy atom. The van der Waals surface area contributed by atoms with E-state index in [-0.39, 0.29) is 17.9 Å². The molecule has 0 aromatic heterocycles. The van der Waals surface area contributed by atoms with Crippen molar-refractivity contribution in [2.45, 2.75) is 75.7 Å². The Hall–Kier alpha value is -1.96. The summed E-state index contributed by atoms with van der Waals surface area (Å²) in [4.78, 5) is 28.0. The maximum Gasteiger partial charge on any atom is 0.246 e. The number of amides is 2. The van der Waals surface area contributed by atoms with Crippen LogP contribution in [0.3, 0.4) is 0 Å². The van der Waals surface area contributed by atoms with Gasteiger partial charge in [-0.25, -0.2) is 0 Å². The Labute approximate surface area is 227 Å². The van der Waals surface area contributed by atoms with E-state index >= 15 is 0 Å². The van der Waals surface area contributed by atoms with E-state index in [9.17, 15) is 9.59 Å². The lowest BCUT2D eigenvalue weighted by Gasteiger charge is -2.36. The van der Waals surface area contributed by atoms with Crippen LogP contribution >= 0.6 is 25.3 Å². The fourth-order valence-electron chi connectivity index (χ4n) is 5.06. The largest absolute Gasteiger partial charge is 0.343 e. The topological polar surface area (TPSA) is 75.4 Å². The number of nitrogens with two attached hydrogens (primary N) is 1. The van der Waals surface area contributed by atoms with Crippen LogP contribution in [0, 0.1) is 5.92 Å². The lowest BCUT2D eigenvalue weighted by molar-refractivity contribution is -0.139. The summed E-state index contributed by atoms with van der Waals surface area (Å²) in [7, 11) is 0. The molecule has 2 aromatic carbocycles. The Morgan fingerprint density at radius 1 is 1.11 bits per heavy atom. The molecule has 196 valence electrons. The van der Waals surface area contributed by atoms with Crippen molar-refractivity contribution < 1.29 is 9.59 Å². The van der Waals surface area contributed by atoms with Crippen LogP contribution in [0.4, 0.5) is 0 Å². The molecule has 2 aliphatic heterocycles. The third-order valence-corrected chi connectivity index (χ3v) is 7.71. The van der Waals surface area contributed by atoms with Gasteiger partial charge in [-0.05, 0) is 54.7 Å². The van der Waals surface area contributed by atoms with Gasteiger partial charge in [0.25, 0.3) is 0 Å². The van der Waals surface area contributed by atoms with Gasteiger partial charge in [0.05, 0.1) is 11.3 Å². The van der Waals surface area contributed by atoms with Gasteiger partial charge >= 0.3 is 0 Å². The van der Waals surface area contributed by atoms with Gasteiger partial charge in [-0.2, -0.15) is 25.3 Å². The molecule has 7 heteroatoms. The predicted octanol–water partition coefficient (Wildman–Crippen LogP) is 4.61. The highest BCUT2D eigenvalue weighted by Crippen LogP contribution is 2.36. The summed E-state index contributed by atoms with van der Waals surface area (Å²) in [6, 6.07) is 18.0. The molecule has 36 heavy (non-hydrogen) atoms. The van der Waals surface area contributed by atoms with E-state index in [0.29, 0.717) is 24.8 Å². The molecule has 2 heterocycles. The minimum atomic E-state index is -0.526. The second-order valence-corrected chi connectivity index (χ2v) is 11.3. The van der Waals surface area contributed by atoms with Crippen LogP contribution in [0.5, 0.6) is 0 Å².